The normalized spacial score (nSPS) is 13.3. The van der Waals surface area contributed by atoms with Gasteiger partial charge in [0.2, 0.25) is 0 Å². The summed E-state index contributed by atoms with van der Waals surface area (Å²) < 4.78 is 0. The van der Waals surface area contributed by atoms with E-state index in [0.717, 1.165) is 0 Å². The summed E-state index contributed by atoms with van der Waals surface area (Å²) >= 11 is 0. The summed E-state index contributed by atoms with van der Waals surface area (Å²) in [6.45, 7) is 4.58. The third-order valence-corrected chi connectivity index (χ3v) is 7.33. The molecule has 0 unspecified atom stereocenters. The lowest BCUT2D eigenvalue weighted by Gasteiger charge is -2.44. The van der Waals surface area contributed by atoms with Crippen LogP contribution in [-0.4, -0.2) is 6.71 Å². The summed E-state index contributed by atoms with van der Waals surface area (Å²) in [5.41, 5.74) is 14.1. The van der Waals surface area contributed by atoms with Crippen LogP contribution in [0.4, 0.5) is 34.1 Å². The maximum atomic E-state index is 2.44. The van der Waals surface area contributed by atoms with E-state index in [2.05, 4.69) is 139 Å². The first-order valence-electron chi connectivity index (χ1n) is 12.2. The van der Waals surface area contributed by atoms with E-state index in [1.54, 1.807) is 0 Å². The van der Waals surface area contributed by atoms with Crippen molar-refractivity contribution in [2.45, 2.75) is 13.8 Å². The summed E-state index contributed by atoms with van der Waals surface area (Å²) in [5.74, 6) is 0. The third-order valence-electron chi connectivity index (χ3n) is 7.33. The van der Waals surface area contributed by atoms with Gasteiger partial charge in [0, 0.05) is 34.1 Å². The van der Waals surface area contributed by atoms with Crippen LogP contribution in [0.25, 0.3) is 0 Å². The van der Waals surface area contributed by atoms with Crippen molar-refractivity contribution < 1.29 is 0 Å². The molecule has 7 rings (SSSR count). The average molecular weight is 448 g/mol. The lowest BCUT2D eigenvalue weighted by Crippen LogP contribution is -2.61. The van der Waals surface area contributed by atoms with Crippen LogP contribution in [0.1, 0.15) is 11.1 Å². The Morgan fingerprint density at radius 1 is 0.457 bits per heavy atom. The minimum Gasteiger partial charge on any atom is -0.311 e. The maximum absolute atomic E-state index is 2.44. The van der Waals surface area contributed by atoms with Gasteiger partial charge in [-0.1, -0.05) is 77.9 Å². The zero-order valence-corrected chi connectivity index (χ0v) is 19.9. The average Bonchev–Trinajstić information content (AvgIpc) is 2.89. The second kappa shape index (κ2) is 7.64. The van der Waals surface area contributed by atoms with Gasteiger partial charge in [0.1, 0.15) is 0 Å². The summed E-state index contributed by atoms with van der Waals surface area (Å²) in [7, 11) is 0. The number of aryl methyl sites for hydroxylation is 2. The van der Waals surface area contributed by atoms with Gasteiger partial charge >= 0.3 is 0 Å². The van der Waals surface area contributed by atoms with E-state index in [1.165, 1.54) is 61.6 Å². The van der Waals surface area contributed by atoms with E-state index >= 15 is 0 Å². The van der Waals surface area contributed by atoms with Crippen LogP contribution in [0.15, 0.2) is 115 Å². The summed E-state index contributed by atoms with van der Waals surface area (Å²) in [5, 5.41) is 0. The Balaban J connectivity index is 1.60. The molecule has 5 aromatic carbocycles. The largest absolute Gasteiger partial charge is 0.311 e. The molecule has 2 aliphatic heterocycles. The molecule has 0 aliphatic carbocycles. The zero-order chi connectivity index (χ0) is 23.5. The van der Waals surface area contributed by atoms with Gasteiger partial charge in [-0.15, -0.1) is 0 Å². The standard InChI is InChI=1S/C32H25BN2/c1-22-16-18-28-26(20-22)33-27-21-23(2)17-19-29(27)35(25-12-7-4-8-13-25)31-15-9-14-30(32(31)33)34(28)24-10-5-3-6-11-24/h3-21H,1-2H3. The van der Waals surface area contributed by atoms with Crippen molar-refractivity contribution in [3.05, 3.63) is 126 Å². The molecule has 0 amide bonds. The monoisotopic (exact) mass is 448 g/mol. The van der Waals surface area contributed by atoms with E-state index in [-0.39, 0.29) is 6.71 Å². The van der Waals surface area contributed by atoms with Crippen molar-refractivity contribution >= 4 is 57.2 Å². The highest BCUT2D eigenvalue weighted by atomic mass is 15.2. The fourth-order valence-electron chi connectivity index (χ4n) is 5.89. The molecule has 0 bridgehead atoms. The van der Waals surface area contributed by atoms with Crippen molar-refractivity contribution in [1.82, 2.24) is 0 Å². The Labute approximate surface area is 207 Å². The summed E-state index contributed by atoms with van der Waals surface area (Å²) in [4.78, 5) is 4.88. The molecule has 166 valence electrons. The van der Waals surface area contributed by atoms with Crippen LogP contribution in [0.2, 0.25) is 0 Å². The number of benzene rings is 5. The lowest BCUT2D eigenvalue weighted by atomic mass is 9.33. The first-order valence-corrected chi connectivity index (χ1v) is 12.2. The predicted molar refractivity (Wildman–Crippen MR) is 150 cm³/mol. The molecule has 0 atom stereocenters. The van der Waals surface area contributed by atoms with Crippen LogP contribution in [-0.2, 0) is 0 Å². The summed E-state index contributed by atoms with van der Waals surface area (Å²) in [6.07, 6.45) is 0. The van der Waals surface area contributed by atoms with Gasteiger partial charge in [-0.05, 0) is 78.8 Å². The van der Waals surface area contributed by atoms with E-state index in [0.29, 0.717) is 0 Å². The molecule has 5 aromatic rings. The van der Waals surface area contributed by atoms with Gasteiger partial charge in [0.15, 0.2) is 0 Å². The van der Waals surface area contributed by atoms with Gasteiger partial charge in [-0.25, -0.2) is 0 Å². The SMILES string of the molecule is Cc1ccc2c(c1)B1c3cc(C)ccc3N(c3ccccc3)c3cccc(c31)N2c1ccccc1. The molecule has 0 fully saturated rings. The van der Waals surface area contributed by atoms with Gasteiger partial charge in [0.25, 0.3) is 6.71 Å². The van der Waals surface area contributed by atoms with Crippen molar-refractivity contribution in [2.75, 3.05) is 9.80 Å². The molecule has 2 heterocycles. The number of anilines is 6. The Morgan fingerprint density at radius 2 is 0.914 bits per heavy atom. The molecule has 35 heavy (non-hydrogen) atoms. The van der Waals surface area contributed by atoms with Crippen LogP contribution < -0.4 is 26.2 Å². The number of para-hydroxylation sites is 2. The zero-order valence-electron chi connectivity index (χ0n) is 19.9. The molecular formula is C32H25BN2. The molecule has 0 radical (unpaired) electrons. The molecule has 3 heteroatoms. The van der Waals surface area contributed by atoms with Gasteiger partial charge in [-0.3, -0.25) is 0 Å². The highest BCUT2D eigenvalue weighted by Crippen LogP contribution is 2.43. The predicted octanol–water partition coefficient (Wildman–Crippen LogP) is 6.39. The Kier molecular flexibility index (Phi) is 4.40. The fraction of sp³-hybridized carbons (Fsp3) is 0.0625. The Morgan fingerprint density at radius 3 is 1.37 bits per heavy atom. The van der Waals surface area contributed by atoms with Crippen LogP contribution in [0.3, 0.4) is 0 Å². The van der Waals surface area contributed by atoms with E-state index in [4.69, 9.17) is 0 Å². The van der Waals surface area contributed by atoms with E-state index in [1.807, 2.05) is 0 Å². The second-order valence-electron chi connectivity index (χ2n) is 9.61. The first-order chi connectivity index (χ1) is 17.2. The van der Waals surface area contributed by atoms with E-state index in [9.17, 15) is 0 Å². The lowest BCUT2D eigenvalue weighted by molar-refractivity contribution is 1.25. The van der Waals surface area contributed by atoms with Crippen molar-refractivity contribution in [3.63, 3.8) is 0 Å². The minimum absolute atomic E-state index is 0.186. The van der Waals surface area contributed by atoms with Crippen LogP contribution in [0.5, 0.6) is 0 Å². The molecule has 0 spiro atoms. The highest BCUT2D eigenvalue weighted by molar-refractivity contribution is 7.00. The number of fused-ring (bicyclic) bond motifs is 4. The van der Waals surface area contributed by atoms with Crippen LogP contribution >= 0.6 is 0 Å². The quantitative estimate of drug-likeness (QED) is 0.283. The number of hydrogen-bond donors (Lipinski definition) is 0. The molecule has 0 saturated heterocycles. The van der Waals surface area contributed by atoms with Crippen LogP contribution in [0, 0.1) is 13.8 Å². The van der Waals surface area contributed by atoms with Gasteiger partial charge in [0.05, 0.1) is 0 Å². The number of nitrogens with zero attached hydrogens (tertiary/aromatic N) is 2. The van der Waals surface area contributed by atoms with Gasteiger partial charge in [-0.2, -0.15) is 0 Å². The smallest absolute Gasteiger partial charge is 0.252 e. The second-order valence-corrected chi connectivity index (χ2v) is 9.61. The molecule has 0 N–H and O–H groups in total. The highest BCUT2D eigenvalue weighted by Gasteiger charge is 2.42. The third kappa shape index (κ3) is 2.98. The number of hydrogen-bond acceptors (Lipinski definition) is 2. The topological polar surface area (TPSA) is 6.48 Å². The molecule has 2 nitrogen and oxygen atoms in total. The van der Waals surface area contributed by atoms with Crippen molar-refractivity contribution in [3.8, 4) is 0 Å². The van der Waals surface area contributed by atoms with Crippen molar-refractivity contribution in [1.29, 1.82) is 0 Å². The molecular weight excluding hydrogens is 423 g/mol. The molecule has 0 saturated carbocycles. The molecule has 2 aliphatic rings. The van der Waals surface area contributed by atoms with Crippen molar-refractivity contribution in [2.24, 2.45) is 0 Å². The van der Waals surface area contributed by atoms with E-state index < -0.39 is 0 Å². The molecule has 0 aromatic heterocycles. The Hall–Kier alpha value is -4.24. The Bertz CT molecular complexity index is 1460. The minimum atomic E-state index is 0.186. The number of rotatable bonds is 2. The fourth-order valence-corrected chi connectivity index (χ4v) is 5.89. The van der Waals surface area contributed by atoms with Gasteiger partial charge < -0.3 is 9.80 Å². The first kappa shape index (κ1) is 20.2. The summed E-state index contributed by atoms with van der Waals surface area (Å²) in [6, 6.07) is 42.1. The maximum Gasteiger partial charge on any atom is 0.252 e.